The highest BCUT2D eigenvalue weighted by molar-refractivity contribution is 9.10. The summed E-state index contributed by atoms with van der Waals surface area (Å²) in [5.41, 5.74) is 5.73. The molecule has 2 rings (SSSR count). The first-order chi connectivity index (χ1) is 8.88. The number of hydrogen-bond donors (Lipinski definition) is 1. The molecule has 100 valence electrons. The maximum Gasteiger partial charge on any atom is 0.182 e. The van der Waals surface area contributed by atoms with Crippen LogP contribution in [0.1, 0.15) is 5.56 Å². The Labute approximate surface area is 119 Å². The number of hydrogen-bond acceptors (Lipinski definition) is 3. The van der Waals surface area contributed by atoms with Crippen molar-refractivity contribution >= 4 is 31.5 Å². The van der Waals surface area contributed by atoms with Gasteiger partial charge in [-0.2, -0.15) is 0 Å². The number of sulfone groups is 1. The first-order valence-corrected chi connectivity index (χ1v) is 7.85. The number of nitrogen functional groups attached to an aromatic ring is 1. The molecule has 0 unspecified atom stereocenters. The normalized spacial score (nSPS) is 11.5. The van der Waals surface area contributed by atoms with E-state index in [0.717, 1.165) is 10.5 Å². The first kappa shape index (κ1) is 14.0. The largest absolute Gasteiger partial charge is 0.396 e. The molecule has 2 N–H and O–H groups in total. The van der Waals surface area contributed by atoms with Gasteiger partial charge in [0.15, 0.2) is 9.84 Å². The number of anilines is 1. The summed E-state index contributed by atoms with van der Waals surface area (Å²) < 4.78 is 38.4. The van der Waals surface area contributed by atoms with Crippen molar-refractivity contribution in [1.29, 1.82) is 0 Å². The minimum Gasteiger partial charge on any atom is -0.396 e. The second kappa shape index (κ2) is 5.30. The van der Waals surface area contributed by atoms with Gasteiger partial charge in [0.2, 0.25) is 0 Å². The van der Waals surface area contributed by atoms with E-state index in [1.54, 1.807) is 12.1 Å². The van der Waals surface area contributed by atoms with E-state index in [1.807, 2.05) is 0 Å². The Morgan fingerprint density at radius 1 is 1.11 bits per heavy atom. The van der Waals surface area contributed by atoms with Crippen molar-refractivity contribution in [3.8, 4) is 0 Å². The van der Waals surface area contributed by atoms with Crippen LogP contribution in [0.4, 0.5) is 10.1 Å². The lowest BCUT2D eigenvalue weighted by Gasteiger charge is -2.06. The van der Waals surface area contributed by atoms with Crippen LogP contribution in [0.3, 0.4) is 0 Å². The van der Waals surface area contributed by atoms with Crippen molar-refractivity contribution in [2.24, 2.45) is 0 Å². The molecule has 0 heterocycles. The summed E-state index contributed by atoms with van der Waals surface area (Å²) in [4.78, 5) is 0.202. The predicted molar refractivity (Wildman–Crippen MR) is 75.8 cm³/mol. The number of nitrogens with two attached hydrogens (primary N) is 1. The van der Waals surface area contributed by atoms with Crippen molar-refractivity contribution < 1.29 is 12.8 Å². The zero-order valence-electron chi connectivity index (χ0n) is 9.81. The van der Waals surface area contributed by atoms with Gasteiger partial charge in [0, 0.05) is 4.47 Å². The molecule has 19 heavy (non-hydrogen) atoms. The molecule has 0 aliphatic carbocycles. The van der Waals surface area contributed by atoms with Gasteiger partial charge in [0.25, 0.3) is 0 Å². The lowest BCUT2D eigenvalue weighted by molar-refractivity contribution is 0.594. The fourth-order valence-corrected chi connectivity index (χ4v) is 3.21. The lowest BCUT2D eigenvalue weighted by Crippen LogP contribution is -2.05. The Bertz CT molecular complexity index is 699. The molecule has 0 aliphatic rings. The standard InChI is InChI=1S/C13H11BrFNO2S/c14-10-2-4-11(5-3-10)19(17,18)8-9-1-6-13(16)12(15)7-9/h1-7H,8,16H2. The van der Waals surface area contributed by atoms with Crippen LogP contribution in [0.2, 0.25) is 0 Å². The van der Waals surface area contributed by atoms with Gasteiger partial charge in [-0.05, 0) is 42.0 Å². The highest BCUT2D eigenvalue weighted by Gasteiger charge is 2.15. The monoisotopic (exact) mass is 343 g/mol. The summed E-state index contributed by atoms with van der Waals surface area (Å²) >= 11 is 3.24. The maximum absolute atomic E-state index is 13.3. The van der Waals surface area contributed by atoms with Gasteiger partial charge in [-0.1, -0.05) is 22.0 Å². The maximum atomic E-state index is 13.3. The lowest BCUT2D eigenvalue weighted by atomic mass is 10.2. The summed E-state index contributed by atoms with van der Waals surface area (Å²) in [5.74, 6) is -0.866. The summed E-state index contributed by atoms with van der Waals surface area (Å²) in [6.45, 7) is 0. The summed E-state index contributed by atoms with van der Waals surface area (Å²) in [5, 5.41) is 0. The van der Waals surface area contributed by atoms with Gasteiger partial charge in [-0.3, -0.25) is 0 Å². The Hall–Kier alpha value is -1.40. The second-order valence-electron chi connectivity index (χ2n) is 4.07. The van der Waals surface area contributed by atoms with E-state index in [-0.39, 0.29) is 16.3 Å². The number of rotatable bonds is 3. The van der Waals surface area contributed by atoms with E-state index >= 15 is 0 Å². The molecule has 2 aromatic rings. The average molecular weight is 344 g/mol. The Kier molecular flexibility index (Phi) is 3.91. The molecule has 0 amide bonds. The second-order valence-corrected chi connectivity index (χ2v) is 6.97. The smallest absolute Gasteiger partial charge is 0.182 e. The highest BCUT2D eigenvalue weighted by Crippen LogP contribution is 2.20. The van der Waals surface area contributed by atoms with E-state index in [9.17, 15) is 12.8 Å². The van der Waals surface area contributed by atoms with Crippen molar-refractivity contribution in [2.75, 3.05) is 5.73 Å². The molecule has 0 atom stereocenters. The van der Waals surface area contributed by atoms with Gasteiger partial charge < -0.3 is 5.73 Å². The third-order valence-electron chi connectivity index (χ3n) is 2.59. The fraction of sp³-hybridized carbons (Fsp3) is 0.0769. The van der Waals surface area contributed by atoms with Crippen molar-refractivity contribution in [1.82, 2.24) is 0 Å². The molecule has 6 heteroatoms. The number of benzene rings is 2. The third kappa shape index (κ3) is 3.33. The number of halogens is 2. The zero-order chi connectivity index (χ0) is 14.0. The van der Waals surface area contributed by atoms with Crippen LogP contribution < -0.4 is 5.73 Å². The highest BCUT2D eigenvalue weighted by atomic mass is 79.9. The molecule has 3 nitrogen and oxygen atoms in total. The SMILES string of the molecule is Nc1ccc(CS(=O)(=O)c2ccc(Br)cc2)cc1F. The van der Waals surface area contributed by atoms with E-state index < -0.39 is 15.7 Å². The Balaban J connectivity index is 2.30. The molecule has 0 aliphatic heterocycles. The van der Waals surface area contributed by atoms with Gasteiger partial charge in [-0.15, -0.1) is 0 Å². The fourth-order valence-electron chi connectivity index (χ4n) is 1.61. The summed E-state index contributed by atoms with van der Waals surface area (Å²) in [6, 6.07) is 10.3. The quantitative estimate of drug-likeness (QED) is 0.871. The van der Waals surface area contributed by atoms with E-state index in [1.165, 1.54) is 24.3 Å². The van der Waals surface area contributed by atoms with E-state index in [0.29, 0.717) is 5.56 Å². The molecular formula is C13H11BrFNO2S. The van der Waals surface area contributed by atoms with Gasteiger partial charge >= 0.3 is 0 Å². The average Bonchev–Trinajstić information content (AvgIpc) is 2.34. The van der Waals surface area contributed by atoms with Crippen LogP contribution in [-0.2, 0) is 15.6 Å². The van der Waals surface area contributed by atoms with Crippen molar-refractivity contribution in [2.45, 2.75) is 10.6 Å². The predicted octanol–water partition coefficient (Wildman–Crippen LogP) is 3.14. The van der Waals surface area contributed by atoms with Crippen LogP contribution in [0.5, 0.6) is 0 Å². The van der Waals surface area contributed by atoms with Gasteiger partial charge in [0.1, 0.15) is 5.82 Å². The molecule has 0 fully saturated rings. The molecule has 0 radical (unpaired) electrons. The topological polar surface area (TPSA) is 60.2 Å². The molecule has 0 aromatic heterocycles. The Morgan fingerprint density at radius 2 is 1.74 bits per heavy atom. The minimum absolute atomic E-state index is 0.00443. The Morgan fingerprint density at radius 3 is 2.32 bits per heavy atom. The van der Waals surface area contributed by atoms with Crippen molar-refractivity contribution in [3.05, 3.63) is 58.3 Å². The van der Waals surface area contributed by atoms with Crippen LogP contribution in [-0.4, -0.2) is 8.42 Å². The van der Waals surface area contributed by atoms with Crippen LogP contribution >= 0.6 is 15.9 Å². The molecule has 2 aromatic carbocycles. The van der Waals surface area contributed by atoms with Crippen LogP contribution in [0.25, 0.3) is 0 Å². The van der Waals surface area contributed by atoms with Crippen LogP contribution in [0, 0.1) is 5.82 Å². The molecule has 0 saturated heterocycles. The minimum atomic E-state index is -3.49. The summed E-state index contributed by atoms with van der Waals surface area (Å²) in [6.07, 6.45) is 0. The van der Waals surface area contributed by atoms with Gasteiger partial charge in [0.05, 0.1) is 16.3 Å². The summed E-state index contributed by atoms with van der Waals surface area (Å²) in [7, 11) is -3.49. The third-order valence-corrected chi connectivity index (χ3v) is 4.83. The van der Waals surface area contributed by atoms with Crippen LogP contribution in [0.15, 0.2) is 51.8 Å². The molecule has 0 saturated carbocycles. The molecular weight excluding hydrogens is 333 g/mol. The molecule has 0 bridgehead atoms. The molecule has 0 spiro atoms. The van der Waals surface area contributed by atoms with Gasteiger partial charge in [-0.25, -0.2) is 12.8 Å². The van der Waals surface area contributed by atoms with E-state index in [4.69, 9.17) is 5.73 Å². The first-order valence-electron chi connectivity index (χ1n) is 5.41. The van der Waals surface area contributed by atoms with E-state index in [2.05, 4.69) is 15.9 Å². The zero-order valence-corrected chi connectivity index (χ0v) is 12.2. The van der Waals surface area contributed by atoms with Crippen molar-refractivity contribution in [3.63, 3.8) is 0 Å².